The average molecular weight is 329 g/mol. The van der Waals surface area contributed by atoms with E-state index >= 15 is 0 Å². The number of benzene rings is 1. The fourth-order valence-electron chi connectivity index (χ4n) is 1.74. The highest BCUT2D eigenvalue weighted by Gasteiger charge is 2.09. The lowest BCUT2D eigenvalue weighted by molar-refractivity contribution is -0.140. The lowest BCUT2D eigenvalue weighted by Gasteiger charge is -2.12. The summed E-state index contributed by atoms with van der Waals surface area (Å²) in [4.78, 5) is 15.4. The van der Waals surface area contributed by atoms with Gasteiger partial charge in [0.2, 0.25) is 0 Å². The average Bonchev–Trinajstić information content (AvgIpc) is 2.53. The van der Waals surface area contributed by atoms with Crippen molar-refractivity contribution in [3.8, 4) is 5.75 Å². The lowest BCUT2D eigenvalue weighted by atomic mass is 10.2. The van der Waals surface area contributed by atoms with Crippen LogP contribution >= 0.6 is 0 Å². The van der Waals surface area contributed by atoms with E-state index in [0.717, 1.165) is 0 Å². The van der Waals surface area contributed by atoms with Crippen LogP contribution in [0.15, 0.2) is 29.3 Å². The molecule has 0 aromatic heterocycles. The van der Waals surface area contributed by atoms with Crippen molar-refractivity contribution in [2.45, 2.75) is 26.5 Å². The minimum Gasteiger partial charge on any atom is -0.469 e. The summed E-state index contributed by atoms with van der Waals surface area (Å²) in [6, 6.07) is 6.47. The zero-order valence-electron chi connectivity index (χ0n) is 13.1. The van der Waals surface area contributed by atoms with Crippen LogP contribution < -0.4 is 15.4 Å². The number of hydrogen-bond acceptors (Lipinski definition) is 4. The molecule has 2 N–H and O–H groups in total. The first-order valence-corrected chi connectivity index (χ1v) is 7.18. The van der Waals surface area contributed by atoms with Crippen LogP contribution in [0.4, 0.5) is 8.78 Å². The number of alkyl halides is 2. The van der Waals surface area contributed by atoms with Crippen LogP contribution in [0.2, 0.25) is 0 Å². The number of carbonyl (C=O) groups is 1. The summed E-state index contributed by atoms with van der Waals surface area (Å²) in [6.07, 6.45) is 0.200. The SMILES string of the molecule is CCNC(=NCc1ccccc1OC(F)F)NCCC(=O)OC. The van der Waals surface area contributed by atoms with Crippen LogP contribution in [0, 0.1) is 0 Å². The van der Waals surface area contributed by atoms with Crippen LogP contribution in [-0.2, 0) is 16.1 Å². The van der Waals surface area contributed by atoms with Crippen molar-refractivity contribution in [2.24, 2.45) is 4.99 Å². The molecule has 0 aliphatic carbocycles. The Morgan fingerprint density at radius 3 is 2.70 bits per heavy atom. The van der Waals surface area contributed by atoms with Gasteiger partial charge in [-0.3, -0.25) is 4.79 Å². The van der Waals surface area contributed by atoms with E-state index in [1.165, 1.54) is 13.2 Å². The first-order chi connectivity index (χ1) is 11.1. The molecule has 0 fully saturated rings. The van der Waals surface area contributed by atoms with E-state index in [-0.39, 0.29) is 24.7 Å². The number of rotatable bonds is 8. The van der Waals surface area contributed by atoms with E-state index in [4.69, 9.17) is 0 Å². The molecule has 1 aromatic carbocycles. The fraction of sp³-hybridized carbons (Fsp3) is 0.467. The Kier molecular flexibility index (Phi) is 8.41. The number of guanidine groups is 1. The number of halogens is 2. The maximum absolute atomic E-state index is 12.4. The standard InChI is InChI=1S/C15H21F2N3O3/c1-3-18-15(19-9-8-13(21)22-2)20-10-11-6-4-5-7-12(11)23-14(16)17/h4-7,14H,3,8-10H2,1-2H3,(H2,18,19,20). The van der Waals surface area contributed by atoms with Gasteiger partial charge in [0.05, 0.1) is 20.1 Å². The van der Waals surface area contributed by atoms with Gasteiger partial charge in [0, 0.05) is 18.7 Å². The van der Waals surface area contributed by atoms with E-state index < -0.39 is 6.61 Å². The Hall–Kier alpha value is -2.38. The molecule has 0 aliphatic heterocycles. The summed E-state index contributed by atoms with van der Waals surface area (Å²) in [5.74, 6) is 0.240. The van der Waals surface area contributed by atoms with Gasteiger partial charge >= 0.3 is 12.6 Å². The number of nitrogens with one attached hydrogen (secondary N) is 2. The molecule has 6 nitrogen and oxygen atoms in total. The van der Waals surface area contributed by atoms with Gasteiger partial charge in [0.15, 0.2) is 5.96 Å². The minimum absolute atomic E-state index is 0.0941. The third-order valence-electron chi connectivity index (χ3n) is 2.79. The molecule has 0 unspecified atom stereocenters. The van der Waals surface area contributed by atoms with Gasteiger partial charge in [-0.25, -0.2) is 4.99 Å². The Bertz CT molecular complexity index is 524. The number of esters is 1. The molecular weight excluding hydrogens is 308 g/mol. The molecule has 128 valence electrons. The molecule has 23 heavy (non-hydrogen) atoms. The van der Waals surface area contributed by atoms with Crippen LogP contribution in [0.25, 0.3) is 0 Å². The van der Waals surface area contributed by atoms with E-state index in [9.17, 15) is 13.6 Å². The first-order valence-electron chi connectivity index (χ1n) is 7.18. The normalized spacial score (nSPS) is 11.3. The Morgan fingerprint density at radius 2 is 2.04 bits per heavy atom. The first kappa shape index (κ1) is 18.7. The highest BCUT2D eigenvalue weighted by Crippen LogP contribution is 2.20. The molecule has 8 heteroatoms. The van der Waals surface area contributed by atoms with E-state index in [1.807, 2.05) is 6.92 Å². The van der Waals surface area contributed by atoms with E-state index in [2.05, 4.69) is 25.1 Å². The Morgan fingerprint density at radius 1 is 1.30 bits per heavy atom. The summed E-state index contributed by atoms with van der Waals surface area (Å²) >= 11 is 0. The van der Waals surface area contributed by atoms with Crippen molar-refractivity contribution in [1.29, 1.82) is 0 Å². The van der Waals surface area contributed by atoms with Crippen LogP contribution in [0.5, 0.6) is 5.75 Å². The van der Waals surface area contributed by atoms with Gasteiger partial charge in [-0.2, -0.15) is 8.78 Å². The van der Waals surface area contributed by atoms with Crippen molar-refractivity contribution in [3.05, 3.63) is 29.8 Å². The Balaban J connectivity index is 2.67. The number of carbonyl (C=O) groups excluding carboxylic acids is 1. The van der Waals surface area contributed by atoms with Crippen molar-refractivity contribution in [2.75, 3.05) is 20.2 Å². The highest BCUT2D eigenvalue weighted by molar-refractivity contribution is 5.80. The molecule has 0 heterocycles. The lowest BCUT2D eigenvalue weighted by Crippen LogP contribution is -2.38. The monoisotopic (exact) mass is 329 g/mol. The Labute approximate surface area is 133 Å². The van der Waals surface area contributed by atoms with Crippen molar-refractivity contribution in [3.63, 3.8) is 0 Å². The zero-order valence-corrected chi connectivity index (χ0v) is 13.1. The van der Waals surface area contributed by atoms with Gasteiger partial charge in [0.1, 0.15) is 5.75 Å². The molecule has 0 spiro atoms. The zero-order chi connectivity index (χ0) is 17.1. The number of aliphatic imine (C=N–C) groups is 1. The van der Waals surface area contributed by atoms with Crippen molar-refractivity contribution >= 4 is 11.9 Å². The largest absolute Gasteiger partial charge is 0.469 e. The molecule has 0 aliphatic rings. The summed E-state index contributed by atoms with van der Waals surface area (Å²) in [5.41, 5.74) is 0.540. The molecule has 0 atom stereocenters. The molecule has 0 saturated heterocycles. The van der Waals surface area contributed by atoms with Crippen molar-refractivity contribution in [1.82, 2.24) is 10.6 Å². The number of methoxy groups -OCH3 is 1. The number of ether oxygens (including phenoxy) is 2. The smallest absolute Gasteiger partial charge is 0.387 e. The van der Waals surface area contributed by atoms with Crippen molar-refractivity contribution < 1.29 is 23.0 Å². The van der Waals surface area contributed by atoms with Crippen LogP contribution in [0.1, 0.15) is 18.9 Å². The second-order valence-corrected chi connectivity index (χ2v) is 4.43. The number of para-hydroxylation sites is 1. The van der Waals surface area contributed by atoms with E-state index in [1.54, 1.807) is 18.2 Å². The quantitative estimate of drug-likeness (QED) is 0.433. The number of hydrogen-bond donors (Lipinski definition) is 2. The van der Waals surface area contributed by atoms with Crippen LogP contribution in [0.3, 0.4) is 0 Å². The summed E-state index contributed by atoms with van der Waals surface area (Å²) in [5, 5.41) is 5.97. The maximum Gasteiger partial charge on any atom is 0.387 e. The van der Waals surface area contributed by atoms with Gasteiger partial charge in [0.25, 0.3) is 0 Å². The van der Waals surface area contributed by atoms with Crippen LogP contribution in [-0.4, -0.2) is 38.7 Å². The highest BCUT2D eigenvalue weighted by atomic mass is 19.3. The fourth-order valence-corrected chi connectivity index (χ4v) is 1.74. The minimum atomic E-state index is -2.88. The van der Waals surface area contributed by atoms with Gasteiger partial charge in [-0.05, 0) is 13.0 Å². The third kappa shape index (κ3) is 7.44. The second-order valence-electron chi connectivity index (χ2n) is 4.43. The molecule has 1 rings (SSSR count). The molecular formula is C15H21F2N3O3. The summed E-state index contributed by atoms with van der Waals surface area (Å²) in [7, 11) is 1.32. The molecule has 0 saturated carbocycles. The maximum atomic E-state index is 12.4. The summed E-state index contributed by atoms with van der Waals surface area (Å²) < 4.78 is 33.7. The predicted molar refractivity (Wildman–Crippen MR) is 82.5 cm³/mol. The molecule has 0 amide bonds. The number of nitrogens with zero attached hydrogens (tertiary/aromatic N) is 1. The molecule has 0 bridgehead atoms. The summed E-state index contributed by atoms with van der Waals surface area (Å²) in [6.45, 7) is 0.154. The van der Waals surface area contributed by atoms with E-state index in [0.29, 0.717) is 24.6 Å². The third-order valence-corrected chi connectivity index (χ3v) is 2.79. The van der Waals surface area contributed by atoms with Gasteiger partial charge in [-0.1, -0.05) is 18.2 Å². The topological polar surface area (TPSA) is 72.0 Å². The predicted octanol–water partition coefficient (Wildman–Crippen LogP) is 1.91. The molecule has 1 aromatic rings. The van der Waals surface area contributed by atoms with Gasteiger partial charge < -0.3 is 20.1 Å². The van der Waals surface area contributed by atoms with Gasteiger partial charge in [-0.15, -0.1) is 0 Å². The molecule has 0 radical (unpaired) electrons. The second kappa shape index (κ2) is 10.4.